The smallest absolute Gasteiger partial charge is 0.119 e. The molecule has 3 aromatic rings. The van der Waals surface area contributed by atoms with Crippen molar-refractivity contribution in [3.8, 4) is 5.75 Å². The van der Waals surface area contributed by atoms with Crippen LogP contribution in [-0.2, 0) is 28.9 Å². The summed E-state index contributed by atoms with van der Waals surface area (Å²) in [5, 5.41) is 0.811. The monoisotopic (exact) mass is 464 g/mol. The largest absolute Gasteiger partial charge is 0.494 e. The van der Waals surface area contributed by atoms with Crippen molar-refractivity contribution in [1.29, 1.82) is 0 Å². The van der Waals surface area contributed by atoms with Gasteiger partial charge in [-0.15, -0.1) is 0 Å². The van der Waals surface area contributed by atoms with Crippen LogP contribution >= 0.6 is 11.6 Å². The highest BCUT2D eigenvalue weighted by Crippen LogP contribution is 2.35. The van der Waals surface area contributed by atoms with Crippen molar-refractivity contribution in [1.82, 2.24) is 0 Å². The van der Waals surface area contributed by atoms with Crippen molar-refractivity contribution in [2.24, 2.45) is 0 Å². The normalized spacial score (nSPS) is 20.5. The lowest BCUT2D eigenvalue weighted by atomic mass is 9.94. The Balaban J connectivity index is 1.39. The fourth-order valence-electron chi connectivity index (χ4n) is 4.42. The zero-order valence-corrected chi connectivity index (χ0v) is 20.3. The molecule has 174 valence electrons. The molecule has 0 aliphatic carbocycles. The summed E-state index contributed by atoms with van der Waals surface area (Å²) in [6.45, 7) is 5.45. The maximum atomic E-state index is 6.56. The molecule has 3 nitrogen and oxygen atoms in total. The van der Waals surface area contributed by atoms with Crippen LogP contribution in [0.3, 0.4) is 0 Å². The Morgan fingerprint density at radius 1 is 0.909 bits per heavy atom. The van der Waals surface area contributed by atoms with E-state index in [1.165, 1.54) is 16.7 Å². The summed E-state index contributed by atoms with van der Waals surface area (Å²) in [6, 6.07) is 25.0. The minimum Gasteiger partial charge on any atom is -0.494 e. The van der Waals surface area contributed by atoms with Crippen LogP contribution in [0.4, 0.5) is 0 Å². The standard InChI is InChI=1S/C29H33ClO3/c1-3-31-26-14-10-22(11-15-26)9-12-24-18-25(13-16-28(24)30)29-19-27(17-21(2)33-29)32-20-23-7-5-4-6-8-23/h4-8,10-11,13-16,18,21,27,29H,3,9,12,17,19-20H2,1-2H3/t21-,27+,29-/m1/s1. The van der Waals surface area contributed by atoms with Gasteiger partial charge in [-0.2, -0.15) is 0 Å². The molecule has 0 amide bonds. The Kier molecular flexibility index (Phi) is 8.44. The van der Waals surface area contributed by atoms with Crippen molar-refractivity contribution < 1.29 is 14.2 Å². The molecule has 1 aliphatic heterocycles. The lowest BCUT2D eigenvalue weighted by Gasteiger charge is -2.34. The summed E-state index contributed by atoms with van der Waals surface area (Å²) < 4.78 is 18.1. The van der Waals surface area contributed by atoms with Crippen molar-refractivity contribution in [3.63, 3.8) is 0 Å². The van der Waals surface area contributed by atoms with Gasteiger partial charge in [-0.1, -0.05) is 66.2 Å². The molecule has 0 spiro atoms. The first-order valence-corrected chi connectivity index (χ1v) is 12.3. The second-order valence-corrected chi connectivity index (χ2v) is 9.16. The summed E-state index contributed by atoms with van der Waals surface area (Å²) in [7, 11) is 0. The third-order valence-corrected chi connectivity index (χ3v) is 6.52. The van der Waals surface area contributed by atoms with Crippen molar-refractivity contribution >= 4 is 11.6 Å². The molecular weight excluding hydrogens is 432 g/mol. The molecule has 0 saturated carbocycles. The summed E-state index contributed by atoms with van der Waals surface area (Å²) in [4.78, 5) is 0. The van der Waals surface area contributed by atoms with Gasteiger partial charge in [0.25, 0.3) is 0 Å². The lowest BCUT2D eigenvalue weighted by molar-refractivity contribution is -0.114. The van der Waals surface area contributed by atoms with Gasteiger partial charge in [-0.25, -0.2) is 0 Å². The second-order valence-electron chi connectivity index (χ2n) is 8.75. The average molecular weight is 465 g/mol. The van der Waals surface area contributed by atoms with E-state index in [0.717, 1.165) is 42.0 Å². The number of aryl methyl sites for hydroxylation is 2. The predicted molar refractivity (Wildman–Crippen MR) is 134 cm³/mol. The number of halogens is 1. The zero-order valence-electron chi connectivity index (χ0n) is 19.5. The maximum absolute atomic E-state index is 6.56. The van der Waals surface area contributed by atoms with Gasteiger partial charge in [0.2, 0.25) is 0 Å². The van der Waals surface area contributed by atoms with E-state index in [1.54, 1.807) is 0 Å². The Morgan fingerprint density at radius 2 is 1.70 bits per heavy atom. The molecule has 0 bridgehead atoms. The first kappa shape index (κ1) is 23.8. The van der Waals surface area contributed by atoms with Crippen LogP contribution in [-0.4, -0.2) is 18.8 Å². The highest BCUT2D eigenvalue weighted by molar-refractivity contribution is 6.31. The minimum atomic E-state index is 0.0241. The number of benzene rings is 3. The van der Waals surface area contributed by atoms with Gasteiger partial charge in [-0.3, -0.25) is 0 Å². The Hall–Kier alpha value is -2.33. The van der Waals surface area contributed by atoms with Crippen LogP contribution in [0.2, 0.25) is 5.02 Å². The van der Waals surface area contributed by atoms with Crippen LogP contribution in [0.15, 0.2) is 72.8 Å². The quantitative estimate of drug-likeness (QED) is 0.331. The fourth-order valence-corrected chi connectivity index (χ4v) is 4.63. The second kappa shape index (κ2) is 11.7. The molecule has 3 aromatic carbocycles. The van der Waals surface area contributed by atoms with E-state index in [2.05, 4.69) is 55.5 Å². The number of ether oxygens (including phenoxy) is 3. The van der Waals surface area contributed by atoms with Crippen LogP contribution in [0.1, 0.15) is 55.0 Å². The van der Waals surface area contributed by atoms with Crippen LogP contribution in [0.25, 0.3) is 0 Å². The average Bonchev–Trinajstić information content (AvgIpc) is 2.84. The molecule has 3 atom stereocenters. The molecule has 4 heteroatoms. The van der Waals surface area contributed by atoms with Gasteiger partial charge < -0.3 is 14.2 Å². The third kappa shape index (κ3) is 6.83. The van der Waals surface area contributed by atoms with Gasteiger partial charge in [-0.05, 0) is 73.6 Å². The van der Waals surface area contributed by atoms with E-state index < -0.39 is 0 Å². The van der Waals surface area contributed by atoms with E-state index in [4.69, 9.17) is 25.8 Å². The molecule has 4 rings (SSSR count). The SMILES string of the molecule is CCOc1ccc(CCc2cc([C@H]3C[C@@H](OCc4ccccc4)C[C@@H](C)O3)ccc2Cl)cc1. The highest BCUT2D eigenvalue weighted by Gasteiger charge is 2.29. The zero-order chi connectivity index (χ0) is 23.0. The van der Waals surface area contributed by atoms with Crippen LogP contribution in [0.5, 0.6) is 5.75 Å². The molecule has 1 heterocycles. The van der Waals surface area contributed by atoms with Gasteiger partial charge in [0, 0.05) is 11.4 Å². The Morgan fingerprint density at radius 3 is 2.45 bits per heavy atom. The first-order valence-electron chi connectivity index (χ1n) is 11.9. The minimum absolute atomic E-state index is 0.0241. The molecular formula is C29H33ClO3. The summed E-state index contributed by atoms with van der Waals surface area (Å²) >= 11 is 6.56. The molecule has 1 fully saturated rings. The maximum Gasteiger partial charge on any atom is 0.119 e. The summed E-state index contributed by atoms with van der Waals surface area (Å²) in [5.74, 6) is 0.911. The van der Waals surface area contributed by atoms with E-state index in [9.17, 15) is 0 Å². The topological polar surface area (TPSA) is 27.7 Å². The molecule has 33 heavy (non-hydrogen) atoms. The Bertz CT molecular complexity index is 1000. The first-order chi connectivity index (χ1) is 16.1. The lowest BCUT2D eigenvalue weighted by Crippen LogP contribution is -2.31. The third-order valence-electron chi connectivity index (χ3n) is 6.16. The van der Waals surface area contributed by atoms with Crippen molar-refractivity contribution in [2.45, 2.75) is 64.4 Å². The van der Waals surface area contributed by atoms with Gasteiger partial charge >= 0.3 is 0 Å². The van der Waals surface area contributed by atoms with Crippen molar-refractivity contribution in [2.75, 3.05) is 6.61 Å². The molecule has 0 aromatic heterocycles. The van der Waals surface area contributed by atoms with Gasteiger partial charge in [0.1, 0.15) is 5.75 Å². The molecule has 1 aliphatic rings. The highest BCUT2D eigenvalue weighted by atomic mass is 35.5. The predicted octanol–water partition coefficient (Wildman–Crippen LogP) is 7.35. The number of hydrogen-bond donors (Lipinski definition) is 0. The Labute approximate surface area is 202 Å². The fraction of sp³-hybridized carbons (Fsp3) is 0.379. The van der Waals surface area contributed by atoms with E-state index in [0.29, 0.717) is 13.2 Å². The van der Waals surface area contributed by atoms with Gasteiger partial charge in [0.15, 0.2) is 0 Å². The van der Waals surface area contributed by atoms with E-state index in [-0.39, 0.29) is 18.3 Å². The van der Waals surface area contributed by atoms with Crippen LogP contribution in [0, 0.1) is 0 Å². The molecule has 1 saturated heterocycles. The molecule has 0 radical (unpaired) electrons. The van der Waals surface area contributed by atoms with E-state index >= 15 is 0 Å². The van der Waals surface area contributed by atoms with Gasteiger partial charge in [0.05, 0.1) is 31.5 Å². The molecule has 0 N–H and O–H groups in total. The number of rotatable bonds is 9. The summed E-state index contributed by atoms with van der Waals surface area (Å²) in [6.07, 6.45) is 3.96. The number of hydrogen-bond acceptors (Lipinski definition) is 3. The van der Waals surface area contributed by atoms with Crippen molar-refractivity contribution in [3.05, 3.63) is 100 Å². The van der Waals surface area contributed by atoms with E-state index in [1.807, 2.05) is 31.2 Å². The molecule has 0 unspecified atom stereocenters. The van der Waals surface area contributed by atoms with Crippen LogP contribution < -0.4 is 4.74 Å². The summed E-state index contributed by atoms with van der Waals surface area (Å²) in [5.41, 5.74) is 4.82.